The number of hydrazone groups is 1. The molecule has 0 aliphatic carbocycles. The minimum absolute atomic E-state index is 0.0594. The summed E-state index contributed by atoms with van der Waals surface area (Å²) >= 11 is 0. The predicted molar refractivity (Wildman–Crippen MR) is 93.1 cm³/mol. The van der Waals surface area contributed by atoms with Crippen molar-refractivity contribution in [1.82, 2.24) is 15.6 Å². The van der Waals surface area contributed by atoms with E-state index in [9.17, 15) is 14.4 Å². The maximum Gasteiger partial charge on any atom is 0.270 e. The van der Waals surface area contributed by atoms with Crippen LogP contribution >= 0.6 is 0 Å². The van der Waals surface area contributed by atoms with Gasteiger partial charge in [-0.25, -0.2) is 5.43 Å². The molecule has 1 aromatic carbocycles. The summed E-state index contributed by atoms with van der Waals surface area (Å²) in [7, 11) is 0. The molecule has 25 heavy (non-hydrogen) atoms. The molecule has 0 radical (unpaired) electrons. The van der Waals surface area contributed by atoms with E-state index in [0.717, 1.165) is 5.56 Å². The first-order valence-corrected chi connectivity index (χ1v) is 8.56. The van der Waals surface area contributed by atoms with E-state index in [-0.39, 0.29) is 23.8 Å². The second kappa shape index (κ2) is 7.46. The van der Waals surface area contributed by atoms with Gasteiger partial charge in [0.15, 0.2) is 0 Å². The average Bonchev–Trinajstić information content (AvgIpc) is 2.63. The molecule has 0 spiro atoms. The highest BCUT2D eigenvalue weighted by Gasteiger charge is 2.28. The van der Waals surface area contributed by atoms with Crippen LogP contribution in [0.15, 0.2) is 29.4 Å². The van der Waals surface area contributed by atoms with Crippen molar-refractivity contribution in [2.75, 3.05) is 13.1 Å². The largest absolute Gasteiger partial charge is 0.349 e. The molecule has 132 valence electrons. The van der Waals surface area contributed by atoms with Gasteiger partial charge in [0.1, 0.15) is 5.71 Å². The molecule has 0 unspecified atom stereocenters. The first-order chi connectivity index (χ1) is 12.0. The second-order valence-corrected chi connectivity index (χ2v) is 6.45. The molecule has 1 fully saturated rings. The van der Waals surface area contributed by atoms with E-state index in [0.29, 0.717) is 50.0 Å². The van der Waals surface area contributed by atoms with Gasteiger partial charge in [-0.05, 0) is 31.4 Å². The number of rotatable bonds is 3. The molecule has 1 aromatic rings. The SMILES string of the molecule is Cc1ccccc1C(=O)NC1CCN(C(=O)C2=NNC(=O)CC2)CC1. The number of carbonyl (C=O) groups excluding carboxylic acids is 3. The summed E-state index contributed by atoms with van der Waals surface area (Å²) < 4.78 is 0. The monoisotopic (exact) mass is 342 g/mol. The number of benzene rings is 1. The molecule has 2 N–H and O–H groups in total. The Balaban J connectivity index is 1.52. The fourth-order valence-corrected chi connectivity index (χ4v) is 3.13. The van der Waals surface area contributed by atoms with Gasteiger partial charge in [0, 0.05) is 37.5 Å². The number of piperidine rings is 1. The summed E-state index contributed by atoms with van der Waals surface area (Å²) in [5, 5.41) is 6.92. The van der Waals surface area contributed by atoms with Crippen LogP contribution in [0.2, 0.25) is 0 Å². The van der Waals surface area contributed by atoms with E-state index >= 15 is 0 Å². The number of hydrogen-bond acceptors (Lipinski definition) is 4. The number of nitrogens with zero attached hydrogens (tertiary/aromatic N) is 2. The summed E-state index contributed by atoms with van der Waals surface area (Å²) in [5.41, 5.74) is 4.40. The third-order valence-electron chi connectivity index (χ3n) is 4.66. The highest BCUT2D eigenvalue weighted by atomic mass is 16.2. The van der Waals surface area contributed by atoms with Crippen LogP contribution in [0, 0.1) is 6.92 Å². The Hall–Kier alpha value is -2.70. The first kappa shape index (κ1) is 17.1. The molecule has 7 nitrogen and oxygen atoms in total. The van der Waals surface area contributed by atoms with Crippen LogP contribution < -0.4 is 10.7 Å². The molecular weight excluding hydrogens is 320 g/mol. The maximum absolute atomic E-state index is 12.4. The topological polar surface area (TPSA) is 90.9 Å². The zero-order valence-electron chi connectivity index (χ0n) is 14.2. The van der Waals surface area contributed by atoms with Crippen LogP contribution in [0.1, 0.15) is 41.6 Å². The van der Waals surface area contributed by atoms with E-state index < -0.39 is 0 Å². The Bertz CT molecular complexity index is 721. The number of aryl methyl sites for hydroxylation is 1. The van der Waals surface area contributed by atoms with Crippen LogP contribution in [0.5, 0.6) is 0 Å². The van der Waals surface area contributed by atoms with Crippen molar-refractivity contribution >= 4 is 23.4 Å². The molecule has 1 saturated heterocycles. The van der Waals surface area contributed by atoms with Crippen LogP contribution in [-0.2, 0) is 9.59 Å². The van der Waals surface area contributed by atoms with Gasteiger partial charge in [-0.15, -0.1) is 0 Å². The summed E-state index contributed by atoms with van der Waals surface area (Å²) in [4.78, 5) is 37.6. The highest BCUT2D eigenvalue weighted by Crippen LogP contribution is 2.14. The zero-order chi connectivity index (χ0) is 17.8. The van der Waals surface area contributed by atoms with Crippen LogP contribution in [-0.4, -0.2) is 47.5 Å². The third-order valence-corrected chi connectivity index (χ3v) is 4.66. The van der Waals surface area contributed by atoms with Crippen molar-refractivity contribution in [3.63, 3.8) is 0 Å². The van der Waals surface area contributed by atoms with Gasteiger partial charge >= 0.3 is 0 Å². The molecule has 0 saturated carbocycles. The lowest BCUT2D eigenvalue weighted by atomic mass is 10.0. The van der Waals surface area contributed by atoms with Crippen molar-refractivity contribution < 1.29 is 14.4 Å². The predicted octanol–water partition coefficient (Wildman–Crippen LogP) is 0.982. The first-order valence-electron chi connectivity index (χ1n) is 8.56. The van der Waals surface area contributed by atoms with Crippen molar-refractivity contribution in [1.29, 1.82) is 0 Å². The minimum Gasteiger partial charge on any atom is -0.349 e. The molecule has 2 heterocycles. The Morgan fingerprint density at radius 1 is 1.20 bits per heavy atom. The molecule has 3 amide bonds. The van der Waals surface area contributed by atoms with Gasteiger partial charge in [-0.2, -0.15) is 5.10 Å². The Labute approximate surface area is 146 Å². The number of amides is 3. The fourth-order valence-electron chi connectivity index (χ4n) is 3.13. The Morgan fingerprint density at radius 2 is 1.92 bits per heavy atom. The standard InChI is InChI=1S/C18H22N4O3/c1-12-4-2-3-5-14(12)17(24)19-13-8-10-22(11-9-13)18(25)15-6-7-16(23)21-20-15/h2-5,13H,6-11H2,1H3,(H,19,24)(H,21,23). The molecule has 7 heteroatoms. The molecule has 3 rings (SSSR count). The summed E-state index contributed by atoms with van der Waals surface area (Å²) in [6.07, 6.45) is 2.11. The number of nitrogens with one attached hydrogen (secondary N) is 2. The Morgan fingerprint density at radius 3 is 2.56 bits per heavy atom. The van der Waals surface area contributed by atoms with Crippen LogP contribution in [0.3, 0.4) is 0 Å². The molecule has 0 aromatic heterocycles. The minimum atomic E-state index is -0.158. The smallest absolute Gasteiger partial charge is 0.270 e. The molecule has 2 aliphatic rings. The van der Waals surface area contributed by atoms with Gasteiger partial charge in [-0.1, -0.05) is 18.2 Å². The lowest BCUT2D eigenvalue weighted by molar-refractivity contribution is -0.125. The van der Waals surface area contributed by atoms with Gasteiger partial charge < -0.3 is 10.2 Å². The number of hydrogen-bond donors (Lipinski definition) is 2. The van der Waals surface area contributed by atoms with Gasteiger partial charge in [0.25, 0.3) is 11.8 Å². The molecule has 0 atom stereocenters. The van der Waals surface area contributed by atoms with Crippen LogP contribution in [0.4, 0.5) is 0 Å². The zero-order valence-corrected chi connectivity index (χ0v) is 14.2. The normalized spacial score (nSPS) is 18.4. The summed E-state index contributed by atoms with van der Waals surface area (Å²) in [5.74, 6) is -0.347. The van der Waals surface area contributed by atoms with Gasteiger partial charge in [0.05, 0.1) is 0 Å². The molecular formula is C18H22N4O3. The van der Waals surface area contributed by atoms with Crippen molar-refractivity contribution in [2.45, 2.75) is 38.6 Å². The van der Waals surface area contributed by atoms with Crippen molar-refractivity contribution in [3.8, 4) is 0 Å². The van der Waals surface area contributed by atoms with Crippen LogP contribution in [0.25, 0.3) is 0 Å². The average molecular weight is 342 g/mol. The molecule has 0 bridgehead atoms. The van der Waals surface area contributed by atoms with E-state index in [1.165, 1.54) is 0 Å². The highest BCUT2D eigenvalue weighted by molar-refractivity contribution is 6.39. The number of carbonyl (C=O) groups is 3. The Kier molecular flexibility index (Phi) is 5.11. The quantitative estimate of drug-likeness (QED) is 0.858. The maximum atomic E-state index is 12.4. The fraction of sp³-hybridized carbons (Fsp3) is 0.444. The number of likely N-dealkylation sites (tertiary alicyclic amines) is 1. The second-order valence-electron chi connectivity index (χ2n) is 6.45. The van der Waals surface area contributed by atoms with Crippen molar-refractivity contribution in [2.24, 2.45) is 5.10 Å². The van der Waals surface area contributed by atoms with Gasteiger partial charge in [0.2, 0.25) is 5.91 Å². The lowest BCUT2D eigenvalue weighted by Gasteiger charge is -2.33. The van der Waals surface area contributed by atoms with E-state index in [2.05, 4.69) is 15.8 Å². The van der Waals surface area contributed by atoms with Gasteiger partial charge in [-0.3, -0.25) is 14.4 Å². The lowest BCUT2D eigenvalue weighted by Crippen LogP contribution is -2.49. The van der Waals surface area contributed by atoms with E-state index in [4.69, 9.17) is 0 Å². The third kappa shape index (κ3) is 4.04. The van der Waals surface area contributed by atoms with Crippen molar-refractivity contribution in [3.05, 3.63) is 35.4 Å². The van der Waals surface area contributed by atoms with E-state index in [1.807, 2.05) is 31.2 Å². The van der Waals surface area contributed by atoms with E-state index in [1.54, 1.807) is 4.90 Å². The molecule has 2 aliphatic heterocycles. The summed E-state index contributed by atoms with van der Waals surface area (Å²) in [6, 6.07) is 7.56. The summed E-state index contributed by atoms with van der Waals surface area (Å²) in [6.45, 7) is 3.06.